The van der Waals surface area contributed by atoms with Crippen LogP contribution in [0.2, 0.25) is 0 Å². The van der Waals surface area contributed by atoms with Gasteiger partial charge in [-0.15, -0.1) is 0 Å². The lowest BCUT2D eigenvalue weighted by Gasteiger charge is -2.13. The Kier molecular flexibility index (Phi) is 5.77. The SMILES string of the molecule is CC(=O)Nc1ccc(Nc2ncnc(NCC3CCCO3)c2[N+](=O)[O-])cc1. The number of ether oxygens (including phenoxy) is 1. The first-order valence-electron chi connectivity index (χ1n) is 8.52. The van der Waals surface area contributed by atoms with E-state index in [1.54, 1.807) is 24.3 Å². The van der Waals surface area contributed by atoms with Gasteiger partial charge in [0.05, 0.1) is 11.0 Å². The number of nitro groups is 1. The summed E-state index contributed by atoms with van der Waals surface area (Å²) in [5.41, 5.74) is 0.988. The van der Waals surface area contributed by atoms with E-state index in [1.165, 1.54) is 13.3 Å². The number of carbonyl (C=O) groups excluding carboxylic acids is 1. The van der Waals surface area contributed by atoms with Crippen LogP contribution in [-0.2, 0) is 9.53 Å². The van der Waals surface area contributed by atoms with Gasteiger partial charge in [0.2, 0.25) is 17.5 Å². The maximum absolute atomic E-state index is 11.6. The molecule has 1 amide bonds. The Morgan fingerprint density at radius 3 is 2.59 bits per heavy atom. The van der Waals surface area contributed by atoms with E-state index < -0.39 is 4.92 Å². The number of hydrogen-bond donors (Lipinski definition) is 3. The largest absolute Gasteiger partial charge is 0.376 e. The molecule has 1 aromatic heterocycles. The number of aromatic nitrogens is 2. The van der Waals surface area contributed by atoms with Crippen molar-refractivity contribution in [3.05, 3.63) is 40.7 Å². The molecule has 1 aliphatic rings. The lowest BCUT2D eigenvalue weighted by Crippen LogP contribution is -2.20. The average Bonchev–Trinajstić information content (AvgIpc) is 3.14. The maximum Gasteiger partial charge on any atom is 0.353 e. The van der Waals surface area contributed by atoms with Gasteiger partial charge in [-0.1, -0.05) is 0 Å². The molecule has 0 spiro atoms. The first-order chi connectivity index (χ1) is 13.0. The molecule has 10 nitrogen and oxygen atoms in total. The van der Waals surface area contributed by atoms with Gasteiger partial charge in [-0.2, -0.15) is 0 Å². The van der Waals surface area contributed by atoms with Gasteiger partial charge in [0.15, 0.2) is 0 Å². The lowest BCUT2D eigenvalue weighted by atomic mass is 10.2. The molecule has 2 aromatic rings. The third kappa shape index (κ3) is 4.88. The minimum absolute atomic E-state index is 0.0253. The van der Waals surface area contributed by atoms with E-state index in [-0.39, 0.29) is 29.3 Å². The Morgan fingerprint density at radius 1 is 1.26 bits per heavy atom. The summed E-state index contributed by atoms with van der Waals surface area (Å²) in [7, 11) is 0. The highest BCUT2D eigenvalue weighted by molar-refractivity contribution is 5.89. The minimum Gasteiger partial charge on any atom is -0.376 e. The topological polar surface area (TPSA) is 131 Å². The van der Waals surface area contributed by atoms with Crippen LogP contribution in [0.4, 0.5) is 28.7 Å². The van der Waals surface area contributed by atoms with Crippen LogP contribution >= 0.6 is 0 Å². The lowest BCUT2D eigenvalue weighted by molar-refractivity contribution is -0.383. The number of hydrogen-bond acceptors (Lipinski definition) is 8. The maximum atomic E-state index is 11.6. The fourth-order valence-corrected chi connectivity index (χ4v) is 2.77. The predicted molar refractivity (Wildman–Crippen MR) is 100 cm³/mol. The van der Waals surface area contributed by atoms with Crippen molar-refractivity contribution in [2.24, 2.45) is 0 Å². The molecule has 3 N–H and O–H groups in total. The van der Waals surface area contributed by atoms with Crippen LogP contribution in [0.5, 0.6) is 0 Å². The zero-order chi connectivity index (χ0) is 19.2. The van der Waals surface area contributed by atoms with E-state index in [1.807, 2.05) is 0 Å². The average molecular weight is 372 g/mol. The molecule has 27 heavy (non-hydrogen) atoms. The van der Waals surface area contributed by atoms with Crippen molar-refractivity contribution in [1.82, 2.24) is 9.97 Å². The van der Waals surface area contributed by atoms with E-state index in [2.05, 4.69) is 25.9 Å². The van der Waals surface area contributed by atoms with Gasteiger partial charge in [-0.25, -0.2) is 9.97 Å². The summed E-state index contributed by atoms with van der Waals surface area (Å²) in [4.78, 5) is 30.1. The van der Waals surface area contributed by atoms with Gasteiger partial charge in [0, 0.05) is 31.5 Å². The summed E-state index contributed by atoms with van der Waals surface area (Å²) < 4.78 is 5.52. The monoisotopic (exact) mass is 372 g/mol. The molecule has 0 saturated carbocycles. The normalized spacial score (nSPS) is 16.0. The summed E-state index contributed by atoms with van der Waals surface area (Å²) in [5.74, 6) is 0.0455. The van der Waals surface area contributed by atoms with Gasteiger partial charge >= 0.3 is 5.69 Å². The molecular weight excluding hydrogens is 352 g/mol. The zero-order valence-electron chi connectivity index (χ0n) is 14.8. The summed E-state index contributed by atoms with van der Waals surface area (Å²) in [6, 6.07) is 6.76. The Hall–Kier alpha value is -3.27. The van der Waals surface area contributed by atoms with Crippen molar-refractivity contribution >= 4 is 34.6 Å². The summed E-state index contributed by atoms with van der Waals surface area (Å²) >= 11 is 0. The second-order valence-corrected chi connectivity index (χ2v) is 6.08. The highest BCUT2D eigenvalue weighted by Crippen LogP contribution is 2.31. The van der Waals surface area contributed by atoms with E-state index in [4.69, 9.17) is 4.74 Å². The molecular formula is C17H20N6O4. The summed E-state index contributed by atoms with van der Waals surface area (Å²) in [6.07, 6.45) is 3.19. The molecule has 1 atom stereocenters. The first-order valence-corrected chi connectivity index (χ1v) is 8.52. The molecule has 0 aliphatic carbocycles. The number of rotatable bonds is 7. The van der Waals surface area contributed by atoms with Crippen molar-refractivity contribution in [3.8, 4) is 0 Å². The Labute approximate surface area is 155 Å². The van der Waals surface area contributed by atoms with Crippen LogP contribution in [0.15, 0.2) is 30.6 Å². The Morgan fingerprint density at radius 2 is 1.96 bits per heavy atom. The highest BCUT2D eigenvalue weighted by atomic mass is 16.6. The van der Waals surface area contributed by atoms with E-state index in [0.717, 1.165) is 12.8 Å². The van der Waals surface area contributed by atoms with Crippen LogP contribution in [0.25, 0.3) is 0 Å². The molecule has 1 fully saturated rings. The second kappa shape index (κ2) is 8.41. The molecule has 10 heteroatoms. The van der Waals surface area contributed by atoms with Gasteiger partial charge in [0.25, 0.3) is 0 Å². The molecule has 0 bridgehead atoms. The summed E-state index contributed by atoms with van der Waals surface area (Å²) in [6.45, 7) is 2.57. The van der Waals surface area contributed by atoms with Crippen molar-refractivity contribution in [2.45, 2.75) is 25.9 Å². The van der Waals surface area contributed by atoms with Gasteiger partial charge < -0.3 is 20.7 Å². The third-order valence-electron chi connectivity index (χ3n) is 3.99. The number of amides is 1. The number of carbonyl (C=O) groups is 1. The Bertz CT molecular complexity index is 821. The molecule has 1 unspecified atom stereocenters. The number of nitrogens with zero attached hydrogens (tertiary/aromatic N) is 3. The molecule has 1 saturated heterocycles. The van der Waals surface area contributed by atoms with Gasteiger partial charge in [-0.3, -0.25) is 14.9 Å². The third-order valence-corrected chi connectivity index (χ3v) is 3.99. The number of anilines is 4. The highest BCUT2D eigenvalue weighted by Gasteiger charge is 2.24. The van der Waals surface area contributed by atoms with Gasteiger partial charge in [-0.05, 0) is 37.1 Å². The van der Waals surface area contributed by atoms with Crippen LogP contribution in [0, 0.1) is 10.1 Å². The van der Waals surface area contributed by atoms with Crippen molar-refractivity contribution in [2.75, 3.05) is 29.1 Å². The standard InChI is InChI=1S/C17H20N6O4/c1-11(24)21-12-4-6-13(7-5-12)22-17-15(23(25)26)16(19-10-20-17)18-9-14-3-2-8-27-14/h4-7,10,14H,2-3,8-9H2,1H3,(H,21,24)(H2,18,19,20,22). The first kappa shape index (κ1) is 18.5. The van der Waals surface area contributed by atoms with Crippen LogP contribution in [-0.4, -0.2) is 40.1 Å². The van der Waals surface area contributed by atoms with Crippen LogP contribution in [0.1, 0.15) is 19.8 Å². The number of nitrogens with one attached hydrogen (secondary N) is 3. The smallest absolute Gasteiger partial charge is 0.353 e. The minimum atomic E-state index is -0.522. The quantitative estimate of drug-likeness (QED) is 0.499. The van der Waals surface area contributed by atoms with Crippen molar-refractivity contribution < 1.29 is 14.5 Å². The second-order valence-electron chi connectivity index (χ2n) is 6.08. The zero-order valence-corrected chi connectivity index (χ0v) is 14.8. The van der Waals surface area contributed by atoms with Crippen molar-refractivity contribution in [1.29, 1.82) is 0 Å². The molecule has 1 aromatic carbocycles. The van der Waals surface area contributed by atoms with Crippen LogP contribution in [0.3, 0.4) is 0 Å². The van der Waals surface area contributed by atoms with E-state index >= 15 is 0 Å². The molecule has 142 valence electrons. The fourth-order valence-electron chi connectivity index (χ4n) is 2.77. The van der Waals surface area contributed by atoms with Crippen molar-refractivity contribution in [3.63, 3.8) is 0 Å². The van der Waals surface area contributed by atoms with E-state index in [9.17, 15) is 14.9 Å². The fraction of sp³-hybridized carbons (Fsp3) is 0.353. The molecule has 2 heterocycles. The Balaban J connectivity index is 1.76. The molecule has 1 aliphatic heterocycles. The predicted octanol–water partition coefficient (Wildman–Crippen LogP) is 2.68. The molecule has 0 radical (unpaired) electrons. The van der Waals surface area contributed by atoms with Gasteiger partial charge in [0.1, 0.15) is 6.33 Å². The molecule has 3 rings (SSSR count). The van der Waals surface area contributed by atoms with Crippen LogP contribution < -0.4 is 16.0 Å². The number of benzene rings is 1. The summed E-state index contributed by atoms with van der Waals surface area (Å²) in [5, 5.41) is 20.1. The van der Waals surface area contributed by atoms with E-state index in [0.29, 0.717) is 24.5 Å².